The molecule has 0 fully saturated rings. The second kappa shape index (κ2) is 37.2. The van der Waals surface area contributed by atoms with Gasteiger partial charge in [0.15, 0.2) is 11.9 Å². The van der Waals surface area contributed by atoms with Crippen molar-refractivity contribution in [3.05, 3.63) is 85.1 Å². The van der Waals surface area contributed by atoms with Crippen molar-refractivity contribution in [1.82, 2.24) is 0 Å². The average molecular weight is 819 g/mol. The number of ketones is 1. The van der Waals surface area contributed by atoms with Gasteiger partial charge < -0.3 is 18.9 Å². The molecule has 10 nitrogen and oxygen atoms in total. The number of carbonyl (C=O) groups excluding carboxylic acids is 3. The zero-order valence-corrected chi connectivity index (χ0v) is 36.9. The first-order valence-electron chi connectivity index (χ1n) is 21.3. The van der Waals surface area contributed by atoms with Gasteiger partial charge in [-0.3, -0.25) is 23.4 Å². The zero-order valence-electron chi connectivity index (χ0n) is 36.0. The molecule has 11 heteroatoms. The number of hydrogen-bond donors (Lipinski definition) is 1. The number of esters is 2. The number of carbonyl (C=O) groups is 3. The Morgan fingerprint density at radius 2 is 1.18 bits per heavy atom. The van der Waals surface area contributed by atoms with Crippen LogP contribution >= 0.6 is 7.82 Å². The van der Waals surface area contributed by atoms with E-state index < -0.39 is 32.5 Å². The molecule has 0 aromatic heterocycles. The fourth-order valence-electron chi connectivity index (χ4n) is 5.03. The highest BCUT2D eigenvalue weighted by Gasteiger charge is 2.27. The summed E-state index contributed by atoms with van der Waals surface area (Å²) in [5, 5.41) is 0. The predicted molar refractivity (Wildman–Crippen MR) is 234 cm³/mol. The molecule has 2 atom stereocenters. The topological polar surface area (TPSA) is 125 Å². The molecule has 0 saturated heterocycles. The molecular weight excluding hydrogens is 741 g/mol. The van der Waals surface area contributed by atoms with Gasteiger partial charge in [-0.05, 0) is 76.7 Å². The van der Waals surface area contributed by atoms with Gasteiger partial charge in [-0.15, -0.1) is 0 Å². The van der Waals surface area contributed by atoms with Gasteiger partial charge in [-0.25, -0.2) is 4.57 Å². The van der Waals surface area contributed by atoms with E-state index in [-0.39, 0.29) is 31.8 Å². The molecule has 1 N–H and O–H groups in total. The molecule has 0 rings (SSSR count). The largest absolute Gasteiger partial charge is 0.472 e. The van der Waals surface area contributed by atoms with Crippen LogP contribution in [0, 0.1) is 0 Å². The van der Waals surface area contributed by atoms with E-state index in [0.29, 0.717) is 30.3 Å². The molecule has 0 radical (unpaired) electrons. The minimum atomic E-state index is -4.41. The van der Waals surface area contributed by atoms with Crippen LogP contribution in [-0.4, -0.2) is 80.7 Å². The normalized spacial score (nSPS) is 14.4. The number of rotatable bonds is 37. The van der Waals surface area contributed by atoms with E-state index in [2.05, 4.69) is 74.6 Å². The third-order valence-electron chi connectivity index (χ3n) is 8.39. The highest BCUT2D eigenvalue weighted by molar-refractivity contribution is 7.47. The number of phosphoric acid groups is 1. The van der Waals surface area contributed by atoms with E-state index in [1.165, 1.54) is 0 Å². The van der Waals surface area contributed by atoms with Crippen LogP contribution in [0.5, 0.6) is 0 Å². The molecule has 0 spiro atoms. The lowest BCUT2D eigenvalue weighted by Gasteiger charge is -2.24. The molecule has 0 amide bonds. The summed E-state index contributed by atoms with van der Waals surface area (Å²) in [4.78, 5) is 47.1. The lowest BCUT2D eigenvalue weighted by Crippen LogP contribution is -2.37. The van der Waals surface area contributed by atoms with Crippen molar-refractivity contribution in [3.63, 3.8) is 0 Å². The summed E-state index contributed by atoms with van der Waals surface area (Å²) < 4.78 is 34.1. The quantitative estimate of drug-likeness (QED) is 0.0124. The van der Waals surface area contributed by atoms with Crippen LogP contribution in [0.2, 0.25) is 0 Å². The number of hydrogen-bond acceptors (Lipinski definition) is 8. The van der Waals surface area contributed by atoms with Crippen molar-refractivity contribution in [2.24, 2.45) is 0 Å². The molecule has 57 heavy (non-hydrogen) atoms. The average Bonchev–Trinajstić information content (AvgIpc) is 3.15. The summed E-state index contributed by atoms with van der Waals surface area (Å²) in [7, 11) is 1.37. The third kappa shape index (κ3) is 40.8. The Bertz CT molecular complexity index is 1310. The van der Waals surface area contributed by atoms with Gasteiger partial charge >= 0.3 is 19.8 Å². The minimum absolute atomic E-state index is 0.00213. The summed E-state index contributed by atoms with van der Waals surface area (Å²) in [5.41, 5.74) is 0. The zero-order chi connectivity index (χ0) is 42.3. The molecule has 0 aromatic carbocycles. The van der Waals surface area contributed by atoms with Gasteiger partial charge in [0.25, 0.3) is 0 Å². The first kappa shape index (κ1) is 53.9. The van der Waals surface area contributed by atoms with Crippen LogP contribution in [-0.2, 0) is 37.5 Å². The Balaban J connectivity index is 4.56. The number of phosphoric ester groups is 1. The SMILES string of the molecule is CC/C=C\C/C=C\C/C=C\C/C=C\C/C=C\CCCC(=O)OC[C@H](COP(=O)(O)OCC[N+](C)(C)C)OC(=O)CCCCCCC/C=C\C=C\C(=O)CCCCC. The van der Waals surface area contributed by atoms with Crippen LogP contribution in [0.3, 0.4) is 0 Å². The number of unbranched alkanes of at least 4 members (excludes halogenated alkanes) is 8. The van der Waals surface area contributed by atoms with Gasteiger partial charge in [0.1, 0.15) is 19.8 Å². The molecule has 0 bridgehead atoms. The lowest BCUT2D eigenvalue weighted by molar-refractivity contribution is -0.870. The van der Waals surface area contributed by atoms with Gasteiger partial charge in [0, 0.05) is 19.3 Å². The molecule has 0 saturated carbocycles. The lowest BCUT2D eigenvalue weighted by atomic mass is 10.1. The van der Waals surface area contributed by atoms with Crippen molar-refractivity contribution in [2.45, 2.75) is 142 Å². The highest BCUT2D eigenvalue weighted by Crippen LogP contribution is 2.43. The van der Waals surface area contributed by atoms with Crippen LogP contribution in [0.25, 0.3) is 0 Å². The standard InChI is InChI=1S/C46H76NO9P/c1-6-8-10-11-12-13-14-15-16-17-18-19-20-23-26-29-33-37-45(49)53-41-44(42-55-57(51,52)54-40-39-47(3,4)5)56-46(50)38-34-30-27-24-21-22-25-28-32-36-43(48)35-31-9-7-2/h8,10,12-13,15-16,18-19,23,25-26,28,32,36,44H,6-7,9,11,14,17,20-22,24,27,29-31,33-35,37-42H2,1-5H3/p+1/b10-8-,13-12-,16-15-,19-18-,26-23-,28-25-,36-32+/t44-/m1/s1. The third-order valence-corrected chi connectivity index (χ3v) is 9.37. The summed E-state index contributed by atoms with van der Waals surface area (Å²) >= 11 is 0. The maximum Gasteiger partial charge on any atom is 0.472 e. The Morgan fingerprint density at radius 3 is 1.81 bits per heavy atom. The van der Waals surface area contributed by atoms with Crippen LogP contribution < -0.4 is 0 Å². The Labute approximate surface area is 346 Å². The van der Waals surface area contributed by atoms with Crippen molar-refractivity contribution in [1.29, 1.82) is 0 Å². The van der Waals surface area contributed by atoms with E-state index in [1.807, 2.05) is 39.4 Å². The van der Waals surface area contributed by atoms with E-state index in [1.54, 1.807) is 6.08 Å². The first-order chi connectivity index (χ1) is 27.4. The fourth-order valence-corrected chi connectivity index (χ4v) is 5.77. The highest BCUT2D eigenvalue weighted by atomic mass is 31.2. The van der Waals surface area contributed by atoms with Crippen molar-refractivity contribution in [3.8, 4) is 0 Å². The molecule has 0 aliphatic heterocycles. The first-order valence-corrected chi connectivity index (χ1v) is 22.8. The summed E-state index contributed by atoms with van der Waals surface area (Å²) in [5.74, 6) is -0.768. The smallest absolute Gasteiger partial charge is 0.462 e. The Morgan fingerprint density at radius 1 is 0.614 bits per heavy atom. The molecule has 0 aliphatic rings. The second-order valence-corrected chi connectivity index (χ2v) is 16.5. The predicted octanol–water partition coefficient (Wildman–Crippen LogP) is 11.2. The molecular formula is C46H77NO9P+. The van der Waals surface area contributed by atoms with E-state index in [9.17, 15) is 23.8 Å². The molecule has 1 unspecified atom stereocenters. The number of ether oxygens (including phenoxy) is 2. The van der Waals surface area contributed by atoms with Crippen molar-refractivity contribution < 1.29 is 46.8 Å². The van der Waals surface area contributed by atoms with E-state index in [0.717, 1.165) is 89.9 Å². The molecule has 0 aliphatic carbocycles. The monoisotopic (exact) mass is 819 g/mol. The fraction of sp³-hybridized carbons (Fsp3) is 0.630. The molecule has 0 aromatic rings. The maximum absolute atomic E-state index is 12.7. The number of nitrogens with zero attached hydrogens (tertiary/aromatic N) is 1. The van der Waals surface area contributed by atoms with Crippen LogP contribution in [0.4, 0.5) is 0 Å². The number of allylic oxidation sites excluding steroid dienone is 14. The summed E-state index contributed by atoms with van der Waals surface area (Å²) in [6.07, 6.45) is 43.3. The summed E-state index contributed by atoms with van der Waals surface area (Å²) in [6.45, 7) is 4.00. The molecule has 324 valence electrons. The van der Waals surface area contributed by atoms with Crippen LogP contribution in [0.1, 0.15) is 136 Å². The van der Waals surface area contributed by atoms with Gasteiger partial charge in [0.2, 0.25) is 0 Å². The van der Waals surface area contributed by atoms with Crippen molar-refractivity contribution in [2.75, 3.05) is 47.5 Å². The van der Waals surface area contributed by atoms with Crippen molar-refractivity contribution >= 4 is 25.5 Å². The second-order valence-electron chi connectivity index (χ2n) is 15.0. The van der Waals surface area contributed by atoms with E-state index >= 15 is 0 Å². The van der Waals surface area contributed by atoms with Gasteiger partial charge in [0.05, 0.1) is 27.7 Å². The van der Waals surface area contributed by atoms with Gasteiger partial charge in [-0.2, -0.15) is 0 Å². The number of quaternary nitrogens is 1. The molecule has 0 heterocycles. The Kier molecular flexibility index (Phi) is 35.1. The number of likely N-dealkylation sites (N-methyl/N-ethyl adjacent to an activating group) is 1. The van der Waals surface area contributed by atoms with Gasteiger partial charge in [-0.1, -0.05) is 125 Å². The minimum Gasteiger partial charge on any atom is -0.462 e. The van der Waals surface area contributed by atoms with Crippen LogP contribution in [0.15, 0.2) is 85.1 Å². The van der Waals surface area contributed by atoms with E-state index in [4.69, 9.17) is 18.5 Å². The summed E-state index contributed by atoms with van der Waals surface area (Å²) in [6, 6.07) is 0. The maximum atomic E-state index is 12.7. The Hall–Kier alpha value is -3.14.